The highest BCUT2D eigenvalue weighted by Crippen LogP contribution is 2.57. The van der Waals surface area contributed by atoms with Gasteiger partial charge in [-0.25, -0.2) is 0 Å². The largest absolute Gasteiger partial charge is 0.508 e. The highest BCUT2D eigenvalue weighted by atomic mass is 16.3. The van der Waals surface area contributed by atoms with Gasteiger partial charge in [-0.15, -0.1) is 6.58 Å². The molecule has 0 heterocycles. The first kappa shape index (κ1) is 17.3. The van der Waals surface area contributed by atoms with Crippen molar-refractivity contribution >= 4 is 0 Å². The quantitative estimate of drug-likeness (QED) is 0.738. The smallest absolute Gasteiger partial charge is 0.116 e. The van der Waals surface area contributed by atoms with Crippen molar-refractivity contribution in [1.29, 1.82) is 0 Å². The molecule has 1 saturated carbocycles. The van der Waals surface area contributed by atoms with Gasteiger partial charge in [0.2, 0.25) is 0 Å². The Hall–Kier alpha value is -2.10. The van der Waals surface area contributed by atoms with Gasteiger partial charge in [0, 0.05) is 5.41 Å². The number of aliphatic hydroxyl groups excluding tert-OH is 1. The molecule has 0 amide bonds. The average molecular weight is 350 g/mol. The van der Waals surface area contributed by atoms with Crippen LogP contribution in [-0.2, 0) is 17.4 Å². The van der Waals surface area contributed by atoms with E-state index in [1.165, 1.54) is 5.56 Å². The van der Waals surface area contributed by atoms with Crippen molar-refractivity contribution in [2.45, 2.75) is 49.2 Å². The van der Waals surface area contributed by atoms with Crippen LogP contribution in [0.3, 0.4) is 0 Å². The van der Waals surface area contributed by atoms with Crippen LogP contribution >= 0.6 is 0 Å². The number of fused-ring (bicyclic) bond motifs is 3. The topological polar surface area (TPSA) is 60.7 Å². The van der Waals surface area contributed by atoms with Crippen LogP contribution < -0.4 is 0 Å². The molecule has 2 aliphatic rings. The highest BCUT2D eigenvalue weighted by Gasteiger charge is 2.55. The molecule has 1 fully saturated rings. The van der Waals surface area contributed by atoms with Crippen LogP contribution in [0.15, 0.2) is 61.2 Å². The third-order valence-electron chi connectivity index (χ3n) is 6.62. The van der Waals surface area contributed by atoms with Gasteiger partial charge in [-0.2, -0.15) is 0 Å². The molecule has 2 aliphatic carbocycles. The molecule has 3 heteroatoms. The third-order valence-corrected chi connectivity index (χ3v) is 6.62. The second-order valence-electron chi connectivity index (χ2n) is 7.94. The number of phenols is 1. The molecular weight excluding hydrogens is 324 g/mol. The van der Waals surface area contributed by atoms with Gasteiger partial charge < -0.3 is 15.3 Å². The van der Waals surface area contributed by atoms with E-state index in [0.29, 0.717) is 12.8 Å². The van der Waals surface area contributed by atoms with E-state index in [-0.39, 0.29) is 17.1 Å². The van der Waals surface area contributed by atoms with Gasteiger partial charge in [-0.1, -0.05) is 42.5 Å². The fraction of sp³-hybridized carbons (Fsp3) is 0.391. The molecule has 136 valence electrons. The van der Waals surface area contributed by atoms with E-state index in [1.54, 1.807) is 6.07 Å². The predicted molar refractivity (Wildman–Crippen MR) is 102 cm³/mol. The number of aromatic hydroxyl groups is 1. The molecule has 0 radical (unpaired) electrons. The van der Waals surface area contributed by atoms with E-state index in [2.05, 4.69) is 6.58 Å². The standard InChI is InChI=1S/C23H26O3/c1-2-12-22-15-21(25)23(26,17-6-4-3-5-7-17)14-18(22)9-8-16-13-19(24)10-11-20(16)22/h2-7,10-11,13,18,21,24-26H,1,8-9,12,14-15H2/t18-,21?,22?,23?/m1/s1. The number of hydrogen-bond donors (Lipinski definition) is 3. The van der Waals surface area contributed by atoms with Crippen LogP contribution in [0.25, 0.3) is 0 Å². The Balaban J connectivity index is 1.79. The molecule has 2 aromatic rings. The number of aliphatic hydroxyl groups is 2. The summed E-state index contributed by atoms with van der Waals surface area (Å²) in [5.74, 6) is 0.541. The molecule has 3 unspecified atom stereocenters. The molecular formula is C23H26O3. The van der Waals surface area contributed by atoms with Gasteiger partial charge in [0.15, 0.2) is 0 Å². The van der Waals surface area contributed by atoms with E-state index in [1.807, 2.05) is 48.5 Å². The van der Waals surface area contributed by atoms with Crippen LogP contribution in [0, 0.1) is 5.92 Å². The summed E-state index contributed by atoms with van der Waals surface area (Å²) in [6, 6.07) is 15.1. The highest BCUT2D eigenvalue weighted by molar-refractivity contribution is 5.44. The number of hydrogen-bond acceptors (Lipinski definition) is 3. The second-order valence-corrected chi connectivity index (χ2v) is 7.94. The first-order valence-electron chi connectivity index (χ1n) is 9.39. The monoisotopic (exact) mass is 350 g/mol. The molecule has 4 rings (SSSR count). The summed E-state index contributed by atoms with van der Waals surface area (Å²) in [4.78, 5) is 0. The van der Waals surface area contributed by atoms with Gasteiger partial charge in [-0.3, -0.25) is 0 Å². The van der Waals surface area contributed by atoms with Crippen molar-refractivity contribution in [3.05, 3.63) is 77.9 Å². The zero-order valence-corrected chi connectivity index (χ0v) is 14.9. The number of benzene rings is 2. The van der Waals surface area contributed by atoms with Gasteiger partial charge in [-0.05, 0) is 66.8 Å². The number of rotatable bonds is 3. The van der Waals surface area contributed by atoms with Crippen molar-refractivity contribution in [3.8, 4) is 5.75 Å². The molecule has 0 saturated heterocycles. The lowest BCUT2D eigenvalue weighted by Gasteiger charge is -2.55. The fourth-order valence-electron chi connectivity index (χ4n) is 5.35. The van der Waals surface area contributed by atoms with Crippen molar-refractivity contribution < 1.29 is 15.3 Å². The first-order chi connectivity index (χ1) is 12.5. The molecule has 3 N–H and O–H groups in total. The summed E-state index contributed by atoms with van der Waals surface area (Å²) in [6.07, 6.45) is 4.69. The number of phenolic OH excluding ortho intramolecular Hbond substituents is 1. The zero-order chi connectivity index (χ0) is 18.4. The maximum absolute atomic E-state index is 11.4. The maximum atomic E-state index is 11.4. The van der Waals surface area contributed by atoms with Gasteiger partial charge >= 0.3 is 0 Å². The summed E-state index contributed by atoms with van der Waals surface area (Å²) >= 11 is 0. The van der Waals surface area contributed by atoms with Gasteiger partial charge in [0.05, 0.1) is 6.10 Å². The summed E-state index contributed by atoms with van der Waals surface area (Å²) in [6.45, 7) is 3.96. The summed E-state index contributed by atoms with van der Waals surface area (Å²) in [5.41, 5.74) is 1.69. The van der Waals surface area contributed by atoms with Crippen LogP contribution in [-0.4, -0.2) is 21.4 Å². The summed E-state index contributed by atoms with van der Waals surface area (Å²) in [7, 11) is 0. The Morgan fingerprint density at radius 1 is 1.12 bits per heavy atom. The summed E-state index contributed by atoms with van der Waals surface area (Å²) < 4.78 is 0. The lowest BCUT2D eigenvalue weighted by molar-refractivity contribution is -0.145. The van der Waals surface area contributed by atoms with Crippen LogP contribution in [0.2, 0.25) is 0 Å². The predicted octanol–water partition coefficient (Wildman–Crippen LogP) is 3.81. The molecule has 2 aromatic carbocycles. The Kier molecular flexibility index (Phi) is 4.17. The lowest BCUT2D eigenvalue weighted by atomic mass is 9.51. The fourth-order valence-corrected chi connectivity index (χ4v) is 5.35. The van der Waals surface area contributed by atoms with Crippen molar-refractivity contribution in [1.82, 2.24) is 0 Å². The first-order valence-corrected chi connectivity index (χ1v) is 9.39. The van der Waals surface area contributed by atoms with E-state index < -0.39 is 11.7 Å². The molecule has 3 nitrogen and oxygen atoms in total. The van der Waals surface area contributed by atoms with E-state index >= 15 is 0 Å². The van der Waals surface area contributed by atoms with E-state index in [4.69, 9.17) is 0 Å². The molecule has 26 heavy (non-hydrogen) atoms. The summed E-state index contributed by atoms with van der Waals surface area (Å²) in [5, 5.41) is 32.3. The van der Waals surface area contributed by atoms with E-state index in [9.17, 15) is 15.3 Å². The van der Waals surface area contributed by atoms with Gasteiger partial charge in [0.25, 0.3) is 0 Å². The zero-order valence-electron chi connectivity index (χ0n) is 14.9. The molecule has 0 spiro atoms. The van der Waals surface area contributed by atoms with E-state index in [0.717, 1.165) is 30.4 Å². The lowest BCUT2D eigenvalue weighted by Crippen LogP contribution is -2.56. The Bertz CT molecular complexity index is 815. The Morgan fingerprint density at radius 2 is 1.88 bits per heavy atom. The van der Waals surface area contributed by atoms with Crippen LogP contribution in [0.4, 0.5) is 0 Å². The SMILES string of the molecule is C=CCC12CC(O)C(O)(c3ccccc3)C[C@H]1CCc1cc(O)ccc12. The molecule has 4 atom stereocenters. The van der Waals surface area contributed by atoms with Crippen molar-refractivity contribution in [3.63, 3.8) is 0 Å². The molecule has 0 aliphatic heterocycles. The Morgan fingerprint density at radius 3 is 2.62 bits per heavy atom. The molecule has 0 bridgehead atoms. The minimum Gasteiger partial charge on any atom is -0.508 e. The van der Waals surface area contributed by atoms with Crippen LogP contribution in [0.5, 0.6) is 5.75 Å². The number of allylic oxidation sites excluding steroid dienone is 1. The number of aryl methyl sites for hydroxylation is 1. The minimum atomic E-state index is -1.22. The Labute approximate surface area is 154 Å². The average Bonchev–Trinajstić information content (AvgIpc) is 2.64. The maximum Gasteiger partial charge on any atom is 0.116 e. The molecule has 0 aromatic heterocycles. The van der Waals surface area contributed by atoms with Gasteiger partial charge in [0.1, 0.15) is 11.4 Å². The second kappa shape index (κ2) is 6.26. The normalized spacial score (nSPS) is 33.2. The van der Waals surface area contributed by atoms with Crippen molar-refractivity contribution in [2.75, 3.05) is 0 Å². The van der Waals surface area contributed by atoms with Crippen LogP contribution in [0.1, 0.15) is 42.4 Å². The third kappa shape index (κ3) is 2.50. The van der Waals surface area contributed by atoms with Crippen molar-refractivity contribution in [2.24, 2.45) is 5.92 Å². The minimum absolute atomic E-state index is 0.233.